The fraction of sp³-hybridized carbons (Fsp3) is 0.185. The van der Waals surface area contributed by atoms with E-state index in [4.69, 9.17) is 21.1 Å². The molecule has 0 aliphatic carbocycles. The van der Waals surface area contributed by atoms with Gasteiger partial charge in [-0.05, 0) is 85.1 Å². The third kappa shape index (κ3) is 8.97. The fourth-order valence-corrected chi connectivity index (χ4v) is 3.14. The number of hydrogen-bond acceptors (Lipinski definition) is 6. The van der Waals surface area contributed by atoms with Gasteiger partial charge in [-0.25, -0.2) is 5.43 Å². The normalized spacial score (nSPS) is 10.6. The average molecular weight is 523 g/mol. The van der Waals surface area contributed by atoms with Gasteiger partial charge in [-0.2, -0.15) is 5.10 Å². The van der Waals surface area contributed by atoms with Crippen molar-refractivity contribution in [2.24, 2.45) is 5.10 Å². The van der Waals surface area contributed by atoms with Gasteiger partial charge in [0.15, 0.2) is 6.61 Å². The lowest BCUT2D eigenvalue weighted by Gasteiger charge is -2.10. The van der Waals surface area contributed by atoms with Gasteiger partial charge in [0.1, 0.15) is 11.5 Å². The van der Waals surface area contributed by atoms with Crippen LogP contribution in [0.25, 0.3) is 0 Å². The number of ether oxygens (including phenoxy) is 2. The Balaban J connectivity index is 1.42. The maximum atomic E-state index is 12.2. The zero-order chi connectivity index (χ0) is 26.6. The van der Waals surface area contributed by atoms with Crippen LogP contribution in [0.3, 0.4) is 0 Å². The molecule has 3 aromatic rings. The molecule has 0 aliphatic heterocycles. The molecule has 3 N–H and O–H groups in total. The summed E-state index contributed by atoms with van der Waals surface area (Å²) in [6, 6.07) is 18.6. The Bertz CT molecular complexity index is 1260. The molecular weight excluding hydrogens is 496 g/mol. The number of hydrazone groups is 1. The summed E-state index contributed by atoms with van der Waals surface area (Å²) in [6.45, 7) is 4.29. The lowest BCUT2D eigenvalue weighted by atomic mass is 10.2. The second-order valence-electron chi connectivity index (χ2n) is 7.89. The first-order valence-corrected chi connectivity index (χ1v) is 11.9. The summed E-state index contributed by atoms with van der Waals surface area (Å²) in [5.41, 5.74) is 4.79. The number of aryl methyl sites for hydroxylation is 1. The van der Waals surface area contributed by atoms with Crippen LogP contribution >= 0.6 is 11.6 Å². The van der Waals surface area contributed by atoms with Gasteiger partial charge in [-0.15, -0.1) is 0 Å². The molecule has 0 atom stereocenters. The van der Waals surface area contributed by atoms with Gasteiger partial charge in [0.05, 0.1) is 12.8 Å². The molecule has 0 fully saturated rings. The maximum Gasteiger partial charge on any atom is 0.329 e. The molecule has 0 saturated heterocycles. The molecule has 0 spiro atoms. The van der Waals surface area contributed by atoms with Crippen molar-refractivity contribution < 1.29 is 23.9 Å². The smallest absolute Gasteiger partial charge is 0.329 e. The molecule has 0 radical (unpaired) electrons. The van der Waals surface area contributed by atoms with E-state index >= 15 is 0 Å². The van der Waals surface area contributed by atoms with E-state index in [0.717, 1.165) is 12.0 Å². The molecule has 0 heterocycles. The summed E-state index contributed by atoms with van der Waals surface area (Å²) < 4.78 is 11.0. The number of anilines is 2. The van der Waals surface area contributed by atoms with Crippen molar-refractivity contribution in [2.45, 2.75) is 20.3 Å². The SMILES string of the molecule is CCCOc1ccc(NC(=O)C(=O)N/N=C\c2ccc(OCC(=O)Nc3cc(Cl)ccc3C)cc2)cc1. The molecule has 3 rings (SSSR count). The van der Waals surface area contributed by atoms with Crippen molar-refractivity contribution in [3.63, 3.8) is 0 Å². The van der Waals surface area contributed by atoms with E-state index in [-0.39, 0.29) is 12.5 Å². The van der Waals surface area contributed by atoms with Crippen molar-refractivity contribution in [3.05, 3.63) is 82.9 Å². The molecule has 3 aromatic carbocycles. The average Bonchev–Trinajstić information content (AvgIpc) is 2.90. The molecule has 10 heteroatoms. The molecule has 3 amide bonds. The largest absolute Gasteiger partial charge is 0.494 e. The molecule has 37 heavy (non-hydrogen) atoms. The second-order valence-corrected chi connectivity index (χ2v) is 8.33. The highest BCUT2D eigenvalue weighted by atomic mass is 35.5. The highest BCUT2D eigenvalue weighted by molar-refractivity contribution is 6.39. The van der Waals surface area contributed by atoms with E-state index in [1.165, 1.54) is 6.21 Å². The summed E-state index contributed by atoms with van der Waals surface area (Å²) in [5.74, 6) is -0.929. The molecule has 0 saturated carbocycles. The van der Waals surface area contributed by atoms with Crippen LogP contribution in [-0.4, -0.2) is 37.1 Å². The summed E-state index contributed by atoms with van der Waals surface area (Å²) in [7, 11) is 0. The first-order chi connectivity index (χ1) is 17.8. The van der Waals surface area contributed by atoms with Crippen molar-refractivity contribution >= 4 is 46.9 Å². The van der Waals surface area contributed by atoms with E-state index in [1.54, 1.807) is 60.7 Å². The Labute approximate surface area is 219 Å². The number of rotatable bonds is 10. The van der Waals surface area contributed by atoms with Gasteiger partial charge in [0.2, 0.25) is 0 Å². The van der Waals surface area contributed by atoms with E-state index in [9.17, 15) is 14.4 Å². The highest BCUT2D eigenvalue weighted by Gasteiger charge is 2.13. The molecule has 192 valence electrons. The van der Waals surface area contributed by atoms with Gasteiger partial charge >= 0.3 is 11.8 Å². The van der Waals surface area contributed by atoms with Crippen LogP contribution in [0.5, 0.6) is 11.5 Å². The molecule has 0 aromatic heterocycles. The Morgan fingerprint density at radius 2 is 1.57 bits per heavy atom. The zero-order valence-electron chi connectivity index (χ0n) is 20.4. The minimum absolute atomic E-state index is 0.181. The highest BCUT2D eigenvalue weighted by Crippen LogP contribution is 2.20. The van der Waals surface area contributed by atoms with Crippen molar-refractivity contribution in [3.8, 4) is 11.5 Å². The molecule has 0 unspecified atom stereocenters. The Hall–Kier alpha value is -4.37. The predicted molar refractivity (Wildman–Crippen MR) is 143 cm³/mol. The number of nitrogens with zero attached hydrogens (tertiary/aromatic N) is 1. The summed E-state index contributed by atoms with van der Waals surface area (Å²) >= 11 is 5.97. The predicted octanol–water partition coefficient (Wildman–Crippen LogP) is 4.54. The number of nitrogens with one attached hydrogen (secondary N) is 3. The molecule has 0 aliphatic rings. The van der Waals surface area contributed by atoms with E-state index in [2.05, 4.69) is 21.2 Å². The van der Waals surface area contributed by atoms with Crippen LogP contribution in [0, 0.1) is 6.92 Å². The summed E-state index contributed by atoms with van der Waals surface area (Å²) in [5, 5.41) is 9.57. The van der Waals surface area contributed by atoms with E-state index < -0.39 is 11.8 Å². The topological polar surface area (TPSA) is 118 Å². The number of benzene rings is 3. The molecule has 0 bridgehead atoms. The van der Waals surface area contributed by atoms with Gasteiger partial charge in [0.25, 0.3) is 5.91 Å². The van der Waals surface area contributed by atoms with E-state index in [0.29, 0.717) is 40.1 Å². The first kappa shape index (κ1) is 27.2. The number of amides is 3. The monoisotopic (exact) mass is 522 g/mol. The standard InChI is InChI=1S/C27H27ClN4O5/c1-3-14-36-22-12-8-21(9-13-22)30-26(34)27(35)32-29-16-19-5-10-23(11-6-19)37-17-25(33)31-24-15-20(28)7-4-18(24)2/h4-13,15-16H,3,14,17H2,1-2H3,(H,30,34)(H,31,33)(H,32,35)/b29-16-. The minimum atomic E-state index is -0.913. The van der Waals surface area contributed by atoms with Crippen LogP contribution in [0.2, 0.25) is 5.02 Å². The van der Waals surface area contributed by atoms with E-state index in [1.807, 2.05) is 19.9 Å². The fourth-order valence-electron chi connectivity index (χ4n) is 2.97. The van der Waals surface area contributed by atoms with Gasteiger partial charge < -0.3 is 20.1 Å². The van der Waals surface area contributed by atoms with Crippen molar-refractivity contribution in [2.75, 3.05) is 23.8 Å². The lowest BCUT2D eigenvalue weighted by Crippen LogP contribution is -2.32. The van der Waals surface area contributed by atoms with Gasteiger partial charge in [-0.3, -0.25) is 14.4 Å². The van der Waals surface area contributed by atoms with Crippen molar-refractivity contribution in [1.29, 1.82) is 0 Å². The Morgan fingerprint density at radius 1 is 0.892 bits per heavy atom. The van der Waals surface area contributed by atoms with Crippen LogP contribution in [-0.2, 0) is 14.4 Å². The third-order valence-electron chi connectivity index (χ3n) is 4.89. The third-order valence-corrected chi connectivity index (χ3v) is 5.13. The Morgan fingerprint density at radius 3 is 2.27 bits per heavy atom. The van der Waals surface area contributed by atoms with Crippen LogP contribution in [0.4, 0.5) is 11.4 Å². The van der Waals surface area contributed by atoms with Gasteiger partial charge in [0, 0.05) is 16.4 Å². The number of carbonyl (C=O) groups excluding carboxylic acids is 3. The number of halogens is 1. The first-order valence-electron chi connectivity index (χ1n) is 11.5. The lowest BCUT2D eigenvalue weighted by molar-refractivity contribution is -0.136. The number of carbonyl (C=O) groups is 3. The Kier molecular flexibility index (Phi) is 10.0. The maximum absolute atomic E-state index is 12.2. The zero-order valence-corrected chi connectivity index (χ0v) is 21.2. The summed E-state index contributed by atoms with van der Waals surface area (Å²) in [6.07, 6.45) is 2.27. The number of hydrogen-bond donors (Lipinski definition) is 3. The quantitative estimate of drug-likeness (QED) is 0.205. The van der Waals surface area contributed by atoms with Crippen LogP contribution in [0.1, 0.15) is 24.5 Å². The molecule has 9 nitrogen and oxygen atoms in total. The molecular formula is C27H27ClN4O5. The van der Waals surface area contributed by atoms with Crippen LogP contribution in [0.15, 0.2) is 71.8 Å². The van der Waals surface area contributed by atoms with Gasteiger partial charge in [-0.1, -0.05) is 24.6 Å². The minimum Gasteiger partial charge on any atom is -0.494 e. The van der Waals surface area contributed by atoms with Crippen molar-refractivity contribution in [1.82, 2.24) is 5.43 Å². The van der Waals surface area contributed by atoms with Crippen LogP contribution < -0.4 is 25.5 Å². The second kappa shape index (κ2) is 13.6. The summed E-state index contributed by atoms with van der Waals surface area (Å²) in [4.78, 5) is 36.2.